The van der Waals surface area contributed by atoms with Crippen molar-refractivity contribution >= 4 is 5.97 Å². The van der Waals surface area contributed by atoms with Crippen molar-refractivity contribution in [3.63, 3.8) is 0 Å². The number of benzene rings is 1. The Kier molecular flexibility index (Phi) is 3.06. The molecule has 1 aromatic heterocycles. The van der Waals surface area contributed by atoms with Gasteiger partial charge in [-0.25, -0.2) is 4.79 Å². The first-order valence-electron chi connectivity index (χ1n) is 5.46. The van der Waals surface area contributed by atoms with Gasteiger partial charge in [0.05, 0.1) is 7.11 Å². The zero-order valence-corrected chi connectivity index (χ0v) is 10.5. The van der Waals surface area contributed by atoms with E-state index in [9.17, 15) is 9.90 Å². The van der Waals surface area contributed by atoms with Gasteiger partial charge >= 0.3 is 5.97 Å². The third-order valence-corrected chi connectivity index (χ3v) is 2.90. The van der Waals surface area contributed by atoms with E-state index in [1.165, 1.54) is 0 Å². The fraction of sp³-hybridized carbons (Fsp3) is 0.231. The van der Waals surface area contributed by atoms with Gasteiger partial charge in [0.1, 0.15) is 5.75 Å². The number of methoxy groups -OCH3 is 1. The number of carboxylic acids is 1. The lowest BCUT2D eigenvalue weighted by Crippen LogP contribution is -2.00. The van der Waals surface area contributed by atoms with Crippen molar-refractivity contribution in [1.29, 1.82) is 0 Å². The minimum absolute atomic E-state index is 0.0586. The quantitative estimate of drug-likeness (QED) is 0.900. The van der Waals surface area contributed by atoms with Crippen LogP contribution in [0.2, 0.25) is 0 Å². The van der Waals surface area contributed by atoms with Gasteiger partial charge < -0.3 is 9.84 Å². The van der Waals surface area contributed by atoms with Gasteiger partial charge in [0.25, 0.3) is 0 Å². The molecule has 2 aromatic rings. The van der Waals surface area contributed by atoms with Crippen LogP contribution in [-0.4, -0.2) is 28.0 Å². The molecule has 1 N–H and O–H groups in total. The molecule has 1 aromatic carbocycles. The Bertz CT molecular complexity index is 602. The molecule has 0 radical (unpaired) electrons. The van der Waals surface area contributed by atoms with Crippen LogP contribution in [0.25, 0.3) is 11.1 Å². The van der Waals surface area contributed by atoms with Gasteiger partial charge in [-0.2, -0.15) is 5.10 Å². The summed E-state index contributed by atoms with van der Waals surface area (Å²) in [6, 6.07) is 7.29. The van der Waals surface area contributed by atoms with E-state index < -0.39 is 5.97 Å². The Hall–Kier alpha value is -2.30. The van der Waals surface area contributed by atoms with Gasteiger partial charge in [0.2, 0.25) is 0 Å². The molecule has 2 rings (SSSR count). The van der Waals surface area contributed by atoms with E-state index in [1.54, 1.807) is 24.9 Å². The van der Waals surface area contributed by atoms with Crippen LogP contribution in [0.3, 0.4) is 0 Å². The fourth-order valence-corrected chi connectivity index (χ4v) is 1.88. The molecule has 0 spiro atoms. The molecule has 5 nitrogen and oxygen atoms in total. The third-order valence-electron chi connectivity index (χ3n) is 2.90. The van der Waals surface area contributed by atoms with Crippen LogP contribution in [0.5, 0.6) is 5.75 Å². The van der Waals surface area contributed by atoms with Crippen LogP contribution in [-0.2, 0) is 7.05 Å². The van der Waals surface area contributed by atoms with Crippen molar-refractivity contribution in [3.05, 3.63) is 35.7 Å². The average Bonchev–Trinajstić information content (AvgIpc) is 2.66. The van der Waals surface area contributed by atoms with Crippen molar-refractivity contribution in [2.75, 3.05) is 7.11 Å². The molecule has 0 aliphatic heterocycles. The zero-order valence-electron chi connectivity index (χ0n) is 10.5. The number of ether oxygens (including phenoxy) is 1. The Morgan fingerprint density at radius 2 is 2.17 bits per heavy atom. The minimum Gasteiger partial charge on any atom is -0.497 e. The normalized spacial score (nSPS) is 10.4. The SMILES string of the molecule is COc1cccc(-c2c(C(=O)O)nn(C)c2C)c1. The Morgan fingerprint density at radius 1 is 1.44 bits per heavy atom. The molecule has 0 bridgehead atoms. The third kappa shape index (κ3) is 1.95. The second kappa shape index (κ2) is 4.52. The lowest BCUT2D eigenvalue weighted by Gasteiger charge is -2.05. The van der Waals surface area contributed by atoms with Gasteiger partial charge in [0.15, 0.2) is 5.69 Å². The Labute approximate surface area is 105 Å². The van der Waals surface area contributed by atoms with Crippen LogP contribution < -0.4 is 4.74 Å². The molecule has 0 saturated heterocycles. The summed E-state index contributed by atoms with van der Waals surface area (Å²) in [5, 5.41) is 13.2. The largest absolute Gasteiger partial charge is 0.497 e. The second-order valence-corrected chi connectivity index (χ2v) is 3.97. The average molecular weight is 246 g/mol. The Morgan fingerprint density at radius 3 is 2.78 bits per heavy atom. The lowest BCUT2D eigenvalue weighted by atomic mass is 10.0. The minimum atomic E-state index is -1.03. The van der Waals surface area contributed by atoms with Crippen LogP contribution in [0, 0.1) is 6.92 Å². The molecular formula is C13H14N2O3. The number of aromatic nitrogens is 2. The second-order valence-electron chi connectivity index (χ2n) is 3.97. The smallest absolute Gasteiger partial charge is 0.357 e. The molecule has 0 aliphatic carbocycles. The van der Waals surface area contributed by atoms with E-state index in [1.807, 2.05) is 25.1 Å². The topological polar surface area (TPSA) is 64.3 Å². The highest BCUT2D eigenvalue weighted by Crippen LogP contribution is 2.29. The van der Waals surface area contributed by atoms with E-state index in [4.69, 9.17) is 4.74 Å². The molecule has 0 aliphatic rings. The highest BCUT2D eigenvalue weighted by atomic mass is 16.5. The maximum absolute atomic E-state index is 11.2. The summed E-state index contributed by atoms with van der Waals surface area (Å²) in [6.07, 6.45) is 0. The predicted octanol–water partition coefficient (Wildman–Crippen LogP) is 2.10. The van der Waals surface area contributed by atoms with E-state index >= 15 is 0 Å². The molecule has 0 amide bonds. The predicted molar refractivity (Wildman–Crippen MR) is 66.9 cm³/mol. The maximum atomic E-state index is 11.2. The number of hydrogen-bond donors (Lipinski definition) is 1. The number of carbonyl (C=O) groups is 1. The number of aromatic carboxylic acids is 1. The van der Waals surface area contributed by atoms with Crippen LogP contribution in [0.1, 0.15) is 16.2 Å². The molecule has 0 atom stereocenters. The van der Waals surface area contributed by atoms with Crippen molar-refractivity contribution in [1.82, 2.24) is 9.78 Å². The lowest BCUT2D eigenvalue weighted by molar-refractivity contribution is 0.0690. The summed E-state index contributed by atoms with van der Waals surface area (Å²) in [4.78, 5) is 11.2. The number of carboxylic acid groups (broad SMARTS) is 1. The van der Waals surface area contributed by atoms with E-state index in [0.717, 1.165) is 11.3 Å². The van der Waals surface area contributed by atoms with Crippen molar-refractivity contribution < 1.29 is 14.6 Å². The van der Waals surface area contributed by atoms with Crippen molar-refractivity contribution in [2.45, 2.75) is 6.92 Å². The Balaban J connectivity index is 2.65. The van der Waals surface area contributed by atoms with E-state index in [-0.39, 0.29) is 5.69 Å². The molecule has 5 heteroatoms. The van der Waals surface area contributed by atoms with Crippen LogP contribution in [0.15, 0.2) is 24.3 Å². The van der Waals surface area contributed by atoms with E-state index in [0.29, 0.717) is 11.3 Å². The molecule has 1 heterocycles. The first-order valence-corrected chi connectivity index (χ1v) is 5.46. The first-order chi connectivity index (χ1) is 8.54. The summed E-state index contributed by atoms with van der Waals surface area (Å²) in [5.74, 6) is -0.344. The summed E-state index contributed by atoms with van der Waals surface area (Å²) < 4.78 is 6.72. The summed E-state index contributed by atoms with van der Waals surface area (Å²) in [5.41, 5.74) is 2.28. The maximum Gasteiger partial charge on any atom is 0.357 e. The van der Waals surface area contributed by atoms with Gasteiger partial charge in [-0.3, -0.25) is 4.68 Å². The van der Waals surface area contributed by atoms with Gasteiger partial charge in [-0.1, -0.05) is 12.1 Å². The first kappa shape index (κ1) is 12.2. The van der Waals surface area contributed by atoms with Gasteiger partial charge in [-0.05, 0) is 24.6 Å². The van der Waals surface area contributed by atoms with Gasteiger partial charge in [0, 0.05) is 18.3 Å². The molecule has 0 saturated carbocycles. The highest BCUT2D eigenvalue weighted by molar-refractivity contribution is 5.94. The van der Waals surface area contributed by atoms with Gasteiger partial charge in [-0.15, -0.1) is 0 Å². The molecule has 94 valence electrons. The number of nitrogens with zero attached hydrogens (tertiary/aromatic N) is 2. The summed E-state index contributed by atoms with van der Waals surface area (Å²) >= 11 is 0. The fourth-order valence-electron chi connectivity index (χ4n) is 1.88. The molecule has 0 unspecified atom stereocenters. The van der Waals surface area contributed by atoms with Crippen LogP contribution >= 0.6 is 0 Å². The molecule has 18 heavy (non-hydrogen) atoms. The summed E-state index contributed by atoms with van der Waals surface area (Å²) in [7, 11) is 3.30. The highest BCUT2D eigenvalue weighted by Gasteiger charge is 2.20. The zero-order chi connectivity index (χ0) is 13.3. The van der Waals surface area contributed by atoms with Crippen molar-refractivity contribution in [3.8, 4) is 16.9 Å². The standard InChI is InChI=1S/C13H14N2O3/c1-8-11(12(13(16)17)14-15(8)2)9-5-4-6-10(7-9)18-3/h4-7H,1-3H3,(H,16,17). The monoisotopic (exact) mass is 246 g/mol. The number of rotatable bonds is 3. The molecule has 0 fully saturated rings. The summed E-state index contributed by atoms with van der Waals surface area (Å²) in [6.45, 7) is 1.84. The number of aryl methyl sites for hydroxylation is 1. The molecular weight excluding hydrogens is 232 g/mol. The van der Waals surface area contributed by atoms with Crippen LogP contribution in [0.4, 0.5) is 0 Å². The van der Waals surface area contributed by atoms with Crippen molar-refractivity contribution in [2.24, 2.45) is 7.05 Å². The number of hydrogen-bond acceptors (Lipinski definition) is 3. The van der Waals surface area contributed by atoms with E-state index in [2.05, 4.69) is 5.10 Å².